The topological polar surface area (TPSA) is 56.1 Å². The number of hydrogen-bond acceptors (Lipinski definition) is 3. The molecular formula is C24H21N3O2. The first-order chi connectivity index (χ1) is 14.2. The molecule has 1 heterocycles. The van der Waals surface area contributed by atoms with Crippen LogP contribution >= 0.6 is 0 Å². The van der Waals surface area contributed by atoms with Crippen LogP contribution in [0.15, 0.2) is 85.1 Å². The summed E-state index contributed by atoms with van der Waals surface area (Å²) < 4.78 is 7.12. The number of para-hydroxylation sites is 1. The predicted molar refractivity (Wildman–Crippen MR) is 115 cm³/mol. The van der Waals surface area contributed by atoms with E-state index in [0.29, 0.717) is 22.7 Å². The maximum Gasteiger partial charge on any atom is 0.259 e. The van der Waals surface area contributed by atoms with E-state index in [9.17, 15) is 4.79 Å². The van der Waals surface area contributed by atoms with E-state index >= 15 is 0 Å². The van der Waals surface area contributed by atoms with Gasteiger partial charge in [-0.1, -0.05) is 54.6 Å². The van der Waals surface area contributed by atoms with Crippen molar-refractivity contribution < 1.29 is 9.53 Å². The first kappa shape index (κ1) is 18.5. The Hall–Kier alpha value is -3.86. The zero-order valence-corrected chi connectivity index (χ0v) is 16.3. The lowest BCUT2D eigenvalue weighted by Crippen LogP contribution is -2.13. The minimum Gasteiger partial charge on any atom is -0.495 e. The zero-order valence-electron chi connectivity index (χ0n) is 16.3. The fraction of sp³-hybridized carbons (Fsp3) is 0.0833. The lowest BCUT2D eigenvalue weighted by molar-refractivity contribution is 0.102. The maximum atomic E-state index is 13.2. The Bertz CT molecular complexity index is 1140. The molecule has 0 saturated carbocycles. The Morgan fingerprint density at radius 3 is 2.34 bits per heavy atom. The van der Waals surface area contributed by atoms with Crippen molar-refractivity contribution in [3.8, 4) is 22.7 Å². The Balaban J connectivity index is 1.77. The molecule has 0 aliphatic carbocycles. The highest BCUT2D eigenvalue weighted by atomic mass is 16.5. The summed E-state index contributed by atoms with van der Waals surface area (Å²) in [5.41, 5.74) is 4.54. The standard InChI is InChI=1S/C24H21N3O2/c1-17-13-14-22(29-2)21(15-17)25-24(28)20-16-27(19-11-7-4-8-12-19)26-23(20)18-9-5-3-6-10-18/h3-16H,1-2H3,(H,25,28). The molecule has 1 aromatic heterocycles. The van der Waals surface area contributed by atoms with Crippen molar-refractivity contribution in [1.29, 1.82) is 0 Å². The van der Waals surface area contributed by atoms with Crippen LogP contribution in [0.3, 0.4) is 0 Å². The van der Waals surface area contributed by atoms with Crippen molar-refractivity contribution in [2.75, 3.05) is 12.4 Å². The SMILES string of the molecule is COc1ccc(C)cc1NC(=O)c1cn(-c2ccccc2)nc1-c1ccccc1. The number of rotatable bonds is 5. The Morgan fingerprint density at radius 2 is 1.66 bits per heavy atom. The third-order valence-corrected chi connectivity index (χ3v) is 4.63. The van der Waals surface area contributed by atoms with Crippen molar-refractivity contribution >= 4 is 11.6 Å². The first-order valence-corrected chi connectivity index (χ1v) is 9.32. The molecule has 0 fully saturated rings. The van der Waals surface area contributed by atoms with Gasteiger partial charge in [0.1, 0.15) is 11.4 Å². The van der Waals surface area contributed by atoms with Gasteiger partial charge in [-0.3, -0.25) is 4.79 Å². The fourth-order valence-corrected chi connectivity index (χ4v) is 3.17. The quantitative estimate of drug-likeness (QED) is 0.521. The highest BCUT2D eigenvalue weighted by Gasteiger charge is 2.20. The van der Waals surface area contributed by atoms with Gasteiger partial charge in [0.25, 0.3) is 5.91 Å². The molecule has 0 aliphatic heterocycles. The molecule has 3 aromatic carbocycles. The zero-order chi connectivity index (χ0) is 20.2. The van der Waals surface area contributed by atoms with Gasteiger partial charge < -0.3 is 10.1 Å². The van der Waals surface area contributed by atoms with Gasteiger partial charge in [0.2, 0.25) is 0 Å². The largest absolute Gasteiger partial charge is 0.495 e. The van der Waals surface area contributed by atoms with Crippen molar-refractivity contribution in [2.24, 2.45) is 0 Å². The van der Waals surface area contributed by atoms with Gasteiger partial charge in [-0.2, -0.15) is 5.10 Å². The van der Waals surface area contributed by atoms with E-state index in [-0.39, 0.29) is 5.91 Å². The second-order valence-electron chi connectivity index (χ2n) is 6.70. The normalized spacial score (nSPS) is 10.6. The summed E-state index contributed by atoms with van der Waals surface area (Å²) in [6.07, 6.45) is 1.76. The van der Waals surface area contributed by atoms with Crippen molar-refractivity contribution in [1.82, 2.24) is 9.78 Å². The van der Waals surface area contributed by atoms with E-state index in [1.54, 1.807) is 18.0 Å². The van der Waals surface area contributed by atoms with Crippen molar-refractivity contribution in [3.05, 3.63) is 96.2 Å². The molecule has 1 amide bonds. The molecular weight excluding hydrogens is 362 g/mol. The molecule has 5 heteroatoms. The second kappa shape index (κ2) is 8.02. The van der Waals surface area contributed by atoms with Crippen LogP contribution < -0.4 is 10.1 Å². The maximum absolute atomic E-state index is 13.2. The van der Waals surface area contributed by atoms with E-state index in [1.807, 2.05) is 85.8 Å². The summed E-state index contributed by atoms with van der Waals surface area (Å²) in [6, 6.07) is 25.1. The number of aryl methyl sites for hydroxylation is 1. The summed E-state index contributed by atoms with van der Waals surface area (Å²) >= 11 is 0. The second-order valence-corrected chi connectivity index (χ2v) is 6.70. The van der Waals surface area contributed by atoms with Crippen LogP contribution in [0.1, 0.15) is 15.9 Å². The lowest BCUT2D eigenvalue weighted by Gasteiger charge is -2.11. The van der Waals surface area contributed by atoms with Crippen molar-refractivity contribution in [3.63, 3.8) is 0 Å². The molecule has 4 aromatic rings. The molecule has 29 heavy (non-hydrogen) atoms. The smallest absolute Gasteiger partial charge is 0.259 e. The number of benzene rings is 3. The van der Waals surface area contributed by atoms with Crippen LogP contribution in [0.4, 0.5) is 5.69 Å². The van der Waals surface area contributed by atoms with Crippen LogP contribution in [0.2, 0.25) is 0 Å². The fourth-order valence-electron chi connectivity index (χ4n) is 3.17. The highest BCUT2D eigenvalue weighted by Crippen LogP contribution is 2.28. The van der Waals surface area contributed by atoms with Gasteiger partial charge in [-0.25, -0.2) is 4.68 Å². The van der Waals surface area contributed by atoms with Gasteiger partial charge in [0.05, 0.1) is 24.0 Å². The third kappa shape index (κ3) is 3.89. The Morgan fingerprint density at radius 1 is 0.966 bits per heavy atom. The average molecular weight is 383 g/mol. The molecule has 0 unspecified atom stereocenters. The number of nitrogens with one attached hydrogen (secondary N) is 1. The summed E-state index contributed by atoms with van der Waals surface area (Å²) in [6.45, 7) is 1.97. The predicted octanol–water partition coefficient (Wildman–Crippen LogP) is 5.11. The molecule has 0 atom stereocenters. The Kier molecular flexibility index (Phi) is 5.12. The van der Waals surface area contributed by atoms with Gasteiger partial charge in [0, 0.05) is 11.8 Å². The van der Waals surface area contributed by atoms with Gasteiger partial charge >= 0.3 is 0 Å². The monoisotopic (exact) mass is 383 g/mol. The minimum absolute atomic E-state index is 0.241. The molecule has 1 N–H and O–H groups in total. The molecule has 0 aliphatic rings. The molecule has 0 spiro atoms. The number of methoxy groups -OCH3 is 1. The average Bonchev–Trinajstić information content (AvgIpc) is 3.21. The minimum atomic E-state index is -0.241. The van der Waals surface area contributed by atoms with Gasteiger partial charge in [-0.05, 0) is 36.8 Å². The number of ether oxygens (including phenoxy) is 1. The lowest BCUT2D eigenvalue weighted by atomic mass is 10.1. The van der Waals surface area contributed by atoms with E-state index in [4.69, 9.17) is 9.84 Å². The summed E-state index contributed by atoms with van der Waals surface area (Å²) in [5.74, 6) is 0.371. The third-order valence-electron chi connectivity index (χ3n) is 4.63. The number of anilines is 1. The molecule has 0 radical (unpaired) electrons. The number of amides is 1. The van der Waals surface area contributed by atoms with Gasteiger partial charge in [-0.15, -0.1) is 0 Å². The van der Waals surface area contributed by atoms with Crippen LogP contribution in [0.5, 0.6) is 5.75 Å². The number of carbonyl (C=O) groups is 1. The van der Waals surface area contributed by atoms with Crippen LogP contribution in [-0.4, -0.2) is 22.8 Å². The number of hydrogen-bond donors (Lipinski definition) is 1. The van der Waals surface area contributed by atoms with Crippen LogP contribution in [0, 0.1) is 6.92 Å². The summed E-state index contributed by atoms with van der Waals surface area (Å²) in [5, 5.41) is 7.67. The highest BCUT2D eigenvalue weighted by molar-refractivity contribution is 6.08. The summed E-state index contributed by atoms with van der Waals surface area (Å²) in [7, 11) is 1.59. The van der Waals surface area contributed by atoms with Crippen molar-refractivity contribution in [2.45, 2.75) is 6.92 Å². The Labute approximate surface area is 169 Å². The summed E-state index contributed by atoms with van der Waals surface area (Å²) in [4.78, 5) is 13.2. The number of nitrogens with zero attached hydrogens (tertiary/aromatic N) is 2. The molecule has 0 saturated heterocycles. The number of carbonyl (C=O) groups excluding carboxylic acids is 1. The van der Waals surface area contributed by atoms with Crippen LogP contribution in [0.25, 0.3) is 16.9 Å². The first-order valence-electron chi connectivity index (χ1n) is 9.32. The molecule has 144 valence electrons. The van der Waals surface area contributed by atoms with Crippen LogP contribution in [-0.2, 0) is 0 Å². The number of aromatic nitrogens is 2. The molecule has 4 rings (SSSR count). The van der Waals surface area contributed by atoms with E-state index in [2.05, 4.69) is 5.32 Å². The van der Waals surface area contributed by atoms with Gasteiger partial charge in [0.15, 0.2) is 0 Å². The molecule has 0 bridgehead atoms. The van der Waals surface area contributed by atoms with E-state index in [1.165, 1.54) is 0 Å². The molecule has 5 nitrogen and oxygen atoms in total. The van der Waals surface area contributed by atoms with E-state index in [0.717, 1.165) is 16.8 Å². The van der Waals surface area contributed by atoms with E-state index < -0.39 is 0 Å².